The highest BCUT2D eigenvalue weighted by molar-refractivity contribution is 9.10. The van der Waals surface area contributed by atoms with Crippen LogP contribution in [0.2, 0.25) is 0 Å². The molecule has 1 saturated heterocycles. The van der Waals surface area contributed by atoms with Crippen LogP contribution in [0.15, 0.2) is 34.4 Å². The fourth-order valence-electron chi connectivity index (χ4n) is 3.52. The van der Waals surface area contributed by atoms with Crippen molar-refractivity contribution in [3.05, 3.63) is 39.9 Å². The van der Waals surface area contributed by atoms with Gasteiger partial charge in [-0.1, -0.05) is 19.4 Å². The Balaban J connectivity index is 1.73. The molecule has 0 spiro atoms. The molecule has 3 aromatic rings. The topological polar surface area (TPSA) is 50.5 Å². The summed E-state index contributed by atoms with van der Waals surface area (Å²) in [5.74, 6) is 0.721. The first kappa shape index (κ1) is 16.7. The van der Waals surface area contributed by atoms with Gasteiger partial charge in [-0.3, -0.25) is 4.79 Å². The Labute approximate surface area is 158 Å². The number of nitrogens with zero attached hydrogens (tertiary/aromatic N) is 4. The Morgan fingerprint density at radius 2 is 2.32 bits per heavy atom. The Hall–Kier alpha value is -1.73. The average molecular weight is 419 g/mol. The molecule has 1 fully saturated rings. The van der Waals surface area contributed by atoms with Crippen molar-refractivity contribution in [3.8, 4) is 10.6 Å². The largest absolute Gasteiger partial charge is 0.338 e. The predicted octanol–water partition coefficient (Wildman–Crippen LogP) is 4.37. The van der Waals surface area contributed by atoms with Crippen molar-refractivity contribution >= 4 is 38.8 Å². The van der Waals surface area contributed by atoms with Gasteiger partial charge in [0.15, 0.2) is 5.65 Å². The lowest BCUT2D eigenvalue weighted by molar-refractivity contribution is -0.128. The Bertz CT molecular complexity index is 905. The van der Waals surface area contributed by atoms with Gasteiger partial charge in [0, 0.05) is 30.9 Å². The molecule has 0 N–H and O–H groups in total. The molecule has 0 aromatic carbocycles. The number of carbonyl (C=O) groups excluding carboxylic acids is 1. The van der Waals surface area contributed by atoms with Gasteiger partial charge in [0.2, 0.25) is 5.91 Å². The van der Waals surface area contributed by atoms with E-state index in [1.165, 1.54) is 0 Å². The summed E-state index contributed by atoms with van der Waals surface area (Å²) in [4.78, 5) is 20.1. The van der Waals surface area contributed by atoms with Gasteiger partial charge in [-0.2, -0.15) is 5.10 Å². The standard InChI is InChI=1S/C18H19BrN4OS/c1-2-4-12-7-16(24)22(9-12)11-14-17(15-5-3-6-25-15)21-23-10-13(19)8-20-18(14)23/h3,5-6,8,10,12H,2,4,7,9,11H2,1H3. The zero-order valence-electron chi connectivity index (χ0n) is 14.0. The van der Waals surface area contributed by atoms with Gasteiger partial charge in [0.05, 0.1) is 15.9 Å². The van der Waals surface area contributed by atoms with E-state index >= 15 is 0 Å². The highest BCUT2D eigenvalue weighted by atomic mass is 79.9. The summed E-state index contributed by atoms with van der Waals surface area (Å²) in [6.07, 6.45) is 6.60. The lowest BCUT2D eigenvalue weighted by atomic mass is 10.0. The van der Waals surface area contributed by atoms with Crippen LogP contribution in [-0.2, 0) is 11.3 Å². The van der Waals surface area contributed by atoms with Gasteiger partial charge in [-0.15, -0.1) is 11.3 Å². The van der Waals surface area contributed by atoms with E-state index in [-0.39, 0.29) is 5.91 Å². The molecule has 4 rings (SSSR count). The van der Waals surface area contributed by atoms with Crippen LogP contribution in [-0.4, -0.2) is 31.9 Å². The molecular weight excluding hydrogens is 400 g/mol. The van der Waals surface area contributed by atoms with Crippen molar-refractivity contribution in [2.45, 2.75) is 32.7 Å². The molecule has 4 heterocycles. The molecule has 0 bridgehead atoms. The van der Waals surface area contributed by atoms with Gasteiger partial charge < -0.3 is 4.90 Å². The zero-order chi connectivity index (χ0) is 17.4. The number of fused-ring (bicyclic) bond motifs is 1. The number of amides is 1. The van der Waals surface area contributed by atoms with Crippen molar-refractivity contribution in [1.29, 1.82) is 0 Å². The Morgan fingerprint density at radius 3 is 3.08 bits per heavy atom. The first-order valence-electron chi connectivity index (χ1n) is 8.50. The maximum absolute atomic E-state index is 12.4. The normalized spacial score (nSPS) is 17.8. The van der Waals surface area contributed by atoms with Gasteiger partial charge in [0.1, 0.15) is 5.69 Å². The summed E-state index contributed by atoms with van der Waals surface area (Å²) in [6, 6.07) is 4.09. The lowest BCUT2D eigenvalue weighted by Crippen LogP contribution is -2.24. The minimum Gasteiger partial charge on any atom is -0.338 e. The van der Waals surface area contributed by atoms with E-state index in [1.807, 2.05) is 22.5 Å². The van der Waals surface area contributed by atoms with E-state index in [0.29, 0.717) is 18.9 Å². The smallest absolute Gasteiger partial charge is 0.223 e. The third-order valence-corrected chi connectivity index (χ3v) is 5.92. The fourth-order valence-corrected chi connectivity index (χ4v) is 4.55. The van der Waals surface area contributed by atoms with Crippen molar-refractivity contribution in [2.24, 2.45) is 5.92 Å². The number of hydrogen-bond donors (Lipinski definition) is 0. The number of hydrogen-bond acceptors (Lipinski definition) is 4. The molecule has 0 aliphatic carbocycles. The summed E-state index contributed by atoms with van der Waals surface area (Å²) in [7, 11) is 0. The number of halogens is 1. The highest BCUT2D eigenvalue weighted by Crippen LogP contribution is 2.32. The SMILES string of the molecule is CCCC1CC(=O)N(Cc2c(-c3cccs3)nn3cc(Br)cnc23)C1. The molecule has 0 saturated carbocycles. The van der Waals surface area contributed by atoms with Gasteiger partial charge in [-0.05, 0) is 39.7 Å². The van der Waals surface area contributed by atoms with Crippen LogP contribution in [0, 0.1) is 5.92 Å². The maximum Gasteiger partial charge on any atom is 0.223 e. The predicted molar refractivity (Wildman–Crippen MR) is 102 cm³/mol. The van der Waals surface area contributed by atoms with Crippen LogP contribution in [0.5, 0.6) is 0 Å². The molecule has 1 atom stereocenters. The molecule has 130 valence electrons. The molecule has 1 unspecified atom stereocenters. The lowest BCUT2D eigenvalue weighted by Gasteiger charge is -2.16. The second kappa shape index (κ2) is 6.88. The van der Waals surface area contributed by atoms with Crippen LogP contribution < -0.4 is 0 Å². The van der Waals surface area contributed by atoms with Crippen molar-refractivity contribution in [1.82, 2.24) is 19.5 Å². The highest BCUT2D eigenvalue weighted by Gasteiger charge is 2.30. The van der Waals surface area contributed by atoms with Crippen LogP contribution in [0.25, 0.3) is 16.2 Å². The van der Waals surface area contributed by atoms with Gasteiger partial charge >= 0.3 is 0 Å². The number of likely N-dealkylation sites (tertiary alicyclic amines) is 1. The van der Waals surface area contributed by atoms with Crippen LogP contribution in [0.1, 0.15) is 31.7 Å². The van der Waals surface area contributed by atoms with E-state index < -0.39 is 0 Å². The van der Waals surface area contributed by atoms with Crippen LogP contribution in [0.4, 0.5) is 0 Å². The van der Waals surface area contributed by atoms with E-state index in [4.69, 9.17) is 5.10 Å². The van der Waals surface area contributed by atoms with Crippen LogP contribution in [0.3, 0.4) is 0 Å². The van der Waals surface area contributed by atoms with Crippen LogP contribution >= 0.6 is 27.3 Å². The number of thiophene rings is 1. The van der Waals surface area contributed by atoms with E-state index in [2.05, 4.69) is 33.9 Å². The first-order chi connectivity index (χ1) is 12.2. The van der Waals surface area contributed by atoms with Crippen molar-refractivity contribution in [2.75, 3.05) is 6.54 Å². The maximum atomic E-state index is 12.4. The molecule has 1 amide bonds. The summed E-state index contributed by atoms with van der Waals surface area (Å²) in [5, 5.41) is 6.78. The van der Waals surface area contributed by atoms with E-state index in [9.17, 15) is 4.79 Å². The fraction of sp³-hybridized carbons (Fsp3) is 0.389. The monoisotopic (exact) mass is 418 g/mol. The summed E-state index contributed by atoms with van der Waals surface area (Å²) < 4.78 is 2.69. The minimum absolute atomic E-state index is 0.243. The molecular formula is C18H19BrN4OS. The molecule has 1 aliphatic rings. The summed E-state index contributed by atoms with van der Waals surface area (Å²) >= 11 is 5.11. The van der Waals surface area contributed by atoms with Crippen molar-refractivity contribution in [3.63, 3.8) is 0 Å². The third-order valence-electron chi connectivity index (χ3n) is 4.63. The Kier molecular flexibility index (Phi) is 4.60. The number of carbonyl (C=O) groups is 1. The third kappa shape index (κ3) is 3.22. The molecule has 3 aromatic heterocycles. The van der Waals surface area contributed by atoms with E-state index in [0.717, 1.165) is 45.6 Å². The van der Waals surface area contributed by atoms with Gasteiger partial charge in [0.25, 0.3) is 0 Å². The molecule has 5 nitrogen and oxygen atoms in total. The second-order valence-electron chi connectivity index (χ2n) is 6.48. The summed E-state index contributed by atoms with van der Waals surface area (Å²) in [6.45, 7) is 3.59. The van der Waals surface area contributed by atoms with Gasteiger partial charge in [-0.25, -0.2) is 9.50 Å². The first-order valence-corrected chi connectivity index (χ1v) is 10.2. The molecule has 25 heavy (non-hydrogen) atoms. The van der Waals surface area contributed by atoms with Crippen molar-refractivity contribution < 1.29 is 4.79 Å². The number of aromatic nitrogens is 3. The molecule has 0 radical (unpaired) electrons. The summed E-state index contributed by atoms with van der Waals surface area (Å²) in [5.41, 5.74) is 2.77. The second-order valence-corrected chi connectivity index (χ2v) is 8.34. The quantitative estimate of drug-likeness (QED) is 0.617. The molecule has 7 heteroatoms. The van der Waals surface area contributed by atoms with E-state index in [1.54, 1.807) is 22.0 Å². The number of rotatable bonds is 5. The Morgan fingerprint density at radius 1 is 1.44 bits per heavy atom. The average Bonchev–Trinajstić information content (AvgIpc) is 3.28. The molecule has 1 aliphatic heterocycles. The zero-order valence-corrected chi connectivity index (χ0v) is 16.4. The minimum atomic E-state index is 0.243.